The number of nitrogens with one attached hydrogen (secondary N) is 1. The van der Waals surface area contributed by atoms with E-state index in [-0.39, 0.29) is 6.03 Å². The van der Waals surface area contributed by atoms with Crippen molar-refractivity contribution in [2.45, 2.75) is 6.42 Å². The molecule has 78 valence electrons. The lowest BCUT2D eigenvalue weighted by Crippen LogP contribution is -2.35. The van der Waals surface area contributed by atoms with Crippen LogP contribution < -0.4 is 5.32 Å². The van der Waals surface area contributed by atoms with Crippen molar-refractivity contribution in [2.24, 2.45) is 7.05 Å². The molecule has 0 aliphatic heterocycles. The van der Waals surface area contributed by atoms with Crippen LogP contribution >= 0.6 is 0 Å². The van der Waals surface area contributed by atoms with Crippen LogP contribution in [-0.2, 0) is 13.5 Å². The van der Waals surface area contributed by atoms with Crippen LogP contribution in [0.4, 0.5) is 4.79 Å². The molecule has 1 aromatic heterocycles. The van der Waals surface area contributed by atoms with Crippen LogP contribution in [0.3, 0.4) is 0 Å². The van der Waals surface area contributed by atoms with Gasteiger partial charge in [0.25, 0.3) is 0 Å². The van der Waals surface area contributed by atoms with E-state index in [0.717, 1.165) is 12.2 Å². The lowest BCUT2D eigenvalue weighted by Gasteiger charge is -2.11. The van der Waals surface area contributed by atoms with Crippen LogP contribution in [0, 0.1) is 0 Å². The Kier molecular flexibility index (Phi) is 3.50. The van der Waals surface area contributed by atoms with Crippen molar-refractivity contribution >= 4 is 6.03 Å². The largest absolute Gasteiger partial charge is 0.338 e. The second kappa shape index (κ2) is 4.64. The normalized spacial score (nSPS) is 9.93. The number of urea groups is 1. The minimum atomic E-state index is -0.0702. The average molecular weight is 196 g/mol. The molecule has 0 spiro atoms. The van der Waals surface area contributed by atoms with E-state index in [9.17, 15) is 4.79 Å². The summed E-state index contributed by atoms with van der Waals surface area (Å²) in [4.78, 5) is 16.8. The molecule has 0 saturated heterocycles. The first kappa shape index (κ1) is 10.6. The topological polar surface area (TPSA) is 50.2 Å². The monoisotopic (exact) mass is 196 g/mol. The second-order valence-corrected chi connectivity index (χ2v) is 3.33. The predicted molar refractivity (Wildman–Crippen MR) is 54.0 cm³/mol. The number of carbonyl (C=O) groups excluding carboxylic acids is 1. The average Bonchev–Trinajstić information content (AvgIpc) is 2.51. The zero-order valence-corrected chi connectivity index (χ0v) is 8.82. The van der Waals surface area contributed by atoms with E-state index >= 15 is 0 Å². The van der Waals surface area contributed by atoms with Crippen LogP contribution in [0.1, 0.15) is 5.82 Å². The highest BCUT2D eigenvalue weighted by Gasteiger charge is 2.03. The number of hydrogen-bond acceptors (Lipinski definition) is 2. The number of hydrogen-bond donors (Lipinski definition) is 1. The number of nitrogens with zero attached hydrogens (tertiary/aromatic N) is 3. The third-order valence-corrected chi connectivity index (χ3v) is 1.95. The number of rotatable bonds is 3. The highest BCUT2D eigenvalue weighted by atomic mass is 16.2. The number of aryl methyl sites for hydroxylation is 1. The Labute approximate surface area is 83.7 Å². The molecular weight excluding hydrogens is 180 g/mol. The van der Waals surface area contributed by atoms with Gasteiger partial charge in [-0.05, 0) is 0 Å². The number of aromatic nitrogens is 2. The highest BCUT2D eigenvalue weighted by molar-refractivity contribution is 5.73. The molecule has 5 heteroatoms. The Bertz CT molecular complexity index is 306. The fraction of sp³-hybridized carbons (Fsp3) is 0.556. The van der Waals surface area contributed by atoms with Crippen LogP contribution in [-0.4, -0.2) is 41.1 Å². The van der Waals surface area contributed by atoms with Crippen molar-refractivity contribution < 1.29 is 4.79 Å². The van der Waals surface area contributed by atoms with Gasteiger partial charge in [0.1, 0.15) is 5.82 Å². The quantitative estimate of drug-likeness (QED) is 0.752. The van der Waals surface area contributed by atoms with Gasteiger partial charge < -0.3 is 14.8 Å². The summed E-state index contributed by atoms with van der Waals surface area (Å²) >= 11 is 0. The molecule has 0 unspecified atom stereocenters. The lowest BCUT2D eigenvalue weighted by atomic mass is 10.4. The van der Waals surface area contributed by atoms with Crippen LogP contribution in [0.15, 0.2) is 12.4 Å². The van der Waals surface area contributed by atoms with E-state index in [0.29, 0.717) is 6.54 Å². The maximum atomic E-state index is 11.1. The molecule has 0 atom stereocenters. The maximum Gasteiger partial charge on any atom is 0.316 e. The lowest BCUT2D eigenvalue weighted by molar-refractivity contribution is 0.217. The van der Waals surface area contributed by atoms with Gasteiger partial charge in [0, 0.05) is 46.5 Å². The van der Waals surface area contributed by atoms with Gasteiger partial charge in [-0.2, -0.15) is 0 Å². The molecular formula is C9H16N4O. The Balaban J connectivity index is 2.29. The van der Waals surface area contributed by atoms with E-state index in [4.69, 9.17) is 0 Å². The van der Waals surface area contributed by atoms with Crippen molar-refractivity contribution in [2.75, 3.05) is 20.6 Å². The van der Waals surface area contributed by atoms with Crippen molar-refractivity contribution in [1.82, 2.24) is 19.8 Å². The summed E-state index contributed by atoms with van der Waals surface area (Å²) in [6, 6.07) is -0.0702. The Morgan fingerprint density at radius 1 is 1.64 bits per heavy atom. The van der Waals surface area contributed by atoms with Gasteiger partial charge in [0.2, 0.25) is 0 Å². The van der Waals surface area contributed by atoms with Gasteiger partial charge in [-0.1, -0.05) is 0 Å². The molecule has 5 nitrogen and oxygen atoms in total. The first-order chi connectivity index (χ1) is 6.61. The Morgan fingerprint density at radius 2 is 2.36 bits per heavy atom. The summed E-state index contributed by atoms with van der Waals surface area (Å²) in [5, 5.41) is 2.78. The van der Waals surface area contributed by atoms with E-state index in [1.54, 1.807) is 20.3 Å². The number of carbonyl (C=O) groups is 1. The Hall–Kier alpha value is -1.52. The zero-order chi connectivity index (χ0) is 10.6. The van der Waals surface area contributed by atoms with Crippen LogP contribution in [0.5, 0.6) is 0 Å². The molecule has 0 aliphatic carbocycles. The second-order valence-electron chi connectivity index (χ2n) is 3.33. The molecule has 1 heterocycles. The van der Waals surface area contributed by atoms with Crippen molar-refractivity contribution in [3.8, 4) is 0 Å². The molecule has 1 aromatic rings. The molecule has 0 aromatic carbocycles. The van der Waals surface area contributed by atoms with Gasteiger partial charge in [0.15, 0.2) is 0 Å². The summed E-state index contributed by atoms with van der Waals surface area (Å²) < 4.78 is 1.95. The van der Waals surface area contributed by atoms with Crippen molar-refractivity contribution in [3.05, 3.63) is 18.2 Å². The van der Waals surface area contributed by atoms with Crippen molar-refractivity contribution in [3.63, 3.8) is 0 Å². The van der Waals surface area contributed by atoms with E-state index in [2.05, 4.69) is 10.3 Å². The summed E-state index contributed by atoms with van der Waals surface area (Å²) in [6.45, 7) is 0.613. The van der Waals surface area contributed by atoms with Gasteiger partial charge in [-0.3, -0.25) is 0 Å². The molecule has 0 fully saturated rings. The van der Waals surface area contributed by atoms with E-state index in [1.165, 1.54) is 4.90 Å². The number of imidazole rings is 1. The third kappa shape index (κ3) is 2.76. The third-order valence-electron chi connectivity index (χ3n) is 1.95. The first-order valence-corrected chi connectivity index (χ1v) is 4.52. The molecule has 0 saturated carbocycles. The smallest absolute Gasteiger partial charge is 0.316 e. The molecule has 0 aliphatic rings. The SMILES string of the molecule is CN(C)C(=O)NCCc1nccn1C. The van der Waals surface area contributed by atoms with Crippen molar-refractivity contribution in [1.29, 1.82) is 0 Å². The van der Waals surface area contributed by atoms with Gasteiger partial charge in [-0.25, -0.2) is 9.78 Å². The molecule has 0 radical (unpaired) electrons. The van der Waals surface area contributed by atoms with Crippen LogP contribution in [0.25, 0.3) is 0 Å². The zero-order valence-electron chi connectivity index (χ0n) is 8.82. The maximum absolute atomic E-state index is 11.1. The molecule has 1 rings (SSSR count). The summed E-state index contributed by atoms with van der Waals surface area (Å²) in [5.74, 6) is 0.976. The van der Waals surface area contributed by atoms with E-state index in [1.807, 2.05) is 17.8 Å². The predicted octanol–water partition coefficient (Wildman–Crippen LogP) is 0.234. The minimum absolute atomic E-state index is 0.0702. The fourth-order valence-electron chi connectivity index (χ4n) is 1.08. The number of amides is 2. The first-order valence-electron chi connectivity index (χ1n) is 4.52. The fourth-order valence-corrected chi connectivity index (χ4v) is 1.08. The van der Waals surface area contributed by atoms with Gasteiger partial charge in [0.05, 0.1) is 0 Å². The molecule has 2 amide bonds. The molecule has 14 heavy (non-hydrogen) atoms. The highest BCUT2D eigenvalue weighted by Crippen LogP contribution is 1.93. The van der Waals surface area contributed by atoms with Gasteiger partial charge >= 0.3 is 6.03 Å². The minimum Gasteiger partial charge on any atom is -0.338 e. The van der Waals surface area contributed by atoms with Crippen LogP contribution in [0.2, 0.25) is 0 Å². The molecule has 1 N–H and O–H groups in total. The summed E-state index contributed by atoms with van der Waals surface area (Å²) in [7, 11) is 5.38. The molecule has 0 bridgehead atoms. The Morgan fingerprint density at radius 3 is 2.86 bits per heavy atom. The van der Waals surface area contributed by atoms with E-state index < -0.39 is 0 Å². The standard InChI is InChI=1S/C9H16N4O/c1-12(2)9(14)11-5-4-8-10-6-7-13(8)3/h6-7H,4-5H2,1-3H3,(H,11,14). The van der Waals surface area contributed by atoms with Gasteiger partial charge in [-0.15, -0.1) is 0 Å². The summed E-state index contributed by atoms with van der Waals surface area (Å²) in [5.41, 5.74) is 0. The summed E-state index contributed by atoms with van der Waals surface area (Å²) in [6.07, 6.45) is 4.40.